The number of hydrogen-bond acceptors (Lipinski definition) is 4. The van der Waals surface area contributed by atoms with Gasteiger partial charge in [0.25, 0.3) is 0 Å². The minimum Gasteiger partial charge on any atom is -0.347 e. The normalized spacial score (nSPS) is 17.1. The Bertz CT molecular complexity index is 1030. The van der Waals surface area contributed by atoms with Crippen LogP contribution in [0.15, 0.2) is 29.1 Å². The Labute approximate surface area is 150 Å². The standard InChI is InChI=1S/C18H22N6O2/c1-22-13-8-4-3-7-12(13)20-16(22)11-19-17(25)14-9-5-6-10-15-21-23(2)18(26)24(14)15/h3-4,7-8,14H,5-6,9-11H2,1-2H3,(H,19,25). The van der Waals surface area contributed by atoms with E-state index in [0.29, 0.717) is 18.8 Å². The number of carbonyl (C=O) groups is 1. The molecule has 3 heterocycles. The van der Waals surface area contributed by atoms with Gasteiger partial charge in [-0.2, -0.15) is 5.10 Å². The number of benzene rings is 1. The van der Waals surface area contributed by atoms with Crippen molar-refractivity contribution >= 4 is 16.9 Å². The fourth-order valence-electron chi connectivity index (χ4n) is 3.65. The van der Waals surface area contributed by atoms with Crippen molar-refractivity contribution in [3.63, 3.8) is 0 Å². The average Bonchev–Trinajstić information content (AvgIpc) is 3.00. The number of aryl methyl sites for hydroxylation is 3. The van der Waals surface area contributed by atoms with Crippen molar-refractivity contribution in [3.05, 3.63) is 46.4 Å². The molecule has 1 amide bonds. The first-order valence-corrected chi connectivity index (χ1v) is 8.88. The third kappa shape index (κ3) is 2.71. The summed E-state index contributed by atoms with van der Waals surface area (Å²) in [4.78, 5) is 29.8. The lowest BCUT2D eigenvalue weighted by Gasteiger charge is -2.16. The molecule has 1 N–H and O–H groups in total. The monoisotopic (exact) mass is 354 g/mol. The van der Waals surface area contributed by atoms with Gasteiger partial charge in [0.05, 0.1) is 17.6 Å². The van der Waals surface area contributed by atoms with Crippen LogP contribution in [0.3, 0.4) is 0 Å². The molecule has 3 aromatic rings. The van der Waals surface area contributed by atoms with E-state index in [0.717, 1.165) is 36.1 Å². The second-order valence-electron chi connectivity index (χ2n) is 6.75. The summed E-state index contributed by atoms with van der Waals surface area (Å²) in [6, 6.07) is 7.35. The van der Waals surface area contributed by atoms with E-state index < -0.39 is 6.04 Å². The van der Waals surface area contributed by atoms with Crippen molar-refractivity contribution < 1.29 is 4.79 Å². The Morgan fingerprint density at radius 2 is 2.08 bits per heavy atom. The highest BCUT2D eigenvalue weighted by Crippen LogP contribution is 2.21. The van der Waals surface area contributed by atoms with Crippen LogP contribution in [0.25, 0.3) is 11.0 Å². The summed E-state index contributed by atoms with van der Waals surface area (Å²) in [7, 11) is 3.56. The van der Waals surface area contributed by atoms with E-state index in [1.165, 1.54) is 4.68 Å². The molecule has 1 aromatic carbocycles. The average molecular weight is 354 g/mol. The second kappa shape index (κ2) is 6.44. The van der Waals surface area contributed by atoms with Crippen LogP contribution in [0.5, 0.6) is 0 Å². The third-order valence-electron chi connectivity index (χ3n) is 5.07. The summed E-state index contributed by atoms with van der Waals surface area (Å²) in [5, 5.41) is 7.23. The number of fused-ring (bicyclic) bond motifs is 2. The third-order valence-corrected chi connectivity index (χ3v) is 5.07. The molecule has 0 bridgehead atoms. The van der Waals surface area contributed by atoms with Crippen LogP contribution in [0.2, 0.25) is 0 Å². The Morgan fingerprint density at radius 1 is 1.27 bits per heavy atom. The second-order valence-corrected chi connectivity index (χ2v) is 6.75. The minimum absolute atomic E-state index is 0.157. The van der Waals surface area contributed by atoms with Gasteiger partial charge in [-0.05, 0) is 25.0 Å². The summed E-state index contributed by atoms with van der Waals surface area (Å²) < 4.78 is 4.84. The largest absolute Gasteiger partial charge is 0.347 e. The topological polar surface area (TPSA) is 86.7 Å². The summed E-state index contributed by atoms with van der Waals surface area (Å²) in [6.45, 7) is 0.324. The molecular weight excluding hydrogens is 332 g/mol. The molecule has 1 aliphatic rings. The van der Waals surface area contributed by atoms with Crippen LogP contribution in [0.4, 0.5) is 0 Å². The van der Waals surface area contributed by atoms with Gasteiger partial charge >= 0.3 is 5.69 Å². The molecule has 0 aliphatic carbocycles. The lowest BCUT2D eigenvalue weighted by atomic mass is 10.1. The van der Waals surface area contributed by atoms with Crippen molar-refractivity contribution in [1.82, 2.24) is 29.2 Å². The fourth-order valence-corrected chi connectivity index (χ4v) is 3.65. The number of carbonyl (C=O) groups excluding carboxylic acids is 1. The van der Waals surface area contributed by atoms with Crippen molar-refractivity contribution in [2.75, 3.05) is 0 Å². The first-order valence-electron chi connectivity index (χ1n) is 8.88. The molecule has 8 heteroatoms. The molecule has 1 unspecified atom stereocenters. The fraction of sp³-hybridized carbons (Fsp3) is 0.444. The Kier molecular flexibility index (Phi) is 4.10. The zero-order valence-electron chi connectivity index (χ0n) is 15.0. The molecule has 0 radical (unpaired) electrons. The molecule has 136 valence electrons. The molecule has 0 saturated carbocycles. The van der Waals surface area contributed by atoms with E-state index in [-0.39, 0.29) is 11.6 Å². The highest BCUT2D eigenvalue weighted by Gasteiger charge is 2.28. The number of aromatic nitrogens is 5. The molecule has 1 atom stereocenters. The van der Waals surface area contributed by atoms with E-state index >= 15 is 0 Å². The summed E-state index contributed by atoms with van der Waals surface area (Å²) in [5.41, 5.74) is 1.70. The van der Waals surface area contributed by atoms with E-state index in [4.69, 9.17) is 0 Å². The van der Waals surface area contributed by atoms with Crippen LogP contribution in [-0.2, 0) is 31.9 Å². The Hall–Kier alpha value is -2.90. The van der Waals surface area contributed by atoms with Gasteiger partial charge in [-0.1, -0.05) is 18.6 Å². The first kappa shape index (κ1) is 16.6. The maximum Gasteiger partial charge on any atom is 0.346 e. The summed E-state index contributed by atoms with van der Waals surface area (Å²) >= 11 is 0. The lowest BCUT2D eigenvalue weighted by Crippen LogP contribution is -2.37. The molecule has 2 aromatic heterocycles. The van der Waals surface area contributed by atoms with Gasteiger partial charge in [-0.3, -0.25) is 9.36 Å². The molecule has 1 aliphatic heterocycles. The van der Waals surface area contributed by atoms with Crippen molar-refractivity contribution in [2.24, 2.45) is 14.1 Å². The van der Waals surface area contributed by atoms with Gasteiger partial charge in [-0.15, -0.1) is 0 Å². The zero-order valence-corrected chi connectivity index (χ0v) is 15.0. The molecule has 26 heavy (non-hydrogen) atoms. The van der Waals surface area contributed by atoms with Crippen molar-refractivity contribution in [2.45, 2.75) is 38.3 Å². The van der Waals surface area contributed by atoms with Crippen LogP contribution >= 0.6 is 0 Å². The van der Waals surface area contributed by atoms with Gasteiger partial charge in [-0.25, -0.2) is 14.5 Å². The summed E-state index contributed by atoms with van der Waals surface area (Å²) in [5.74, 6) is 1.32. The Morgan fingerprint density at radius 3 is 2.88 bits per heavy atom. The molecule has 0 saturated heterocycles. The maximum atomic E-state index is 12.8. The van der Waals surface area contributed by atoms with Crippen LogP contribution in [0.1, 0.15) is 37.0 Å². The predicted molar refractivity (Wildman–Crippen MR) is 96.6 cm³/mol. The van der Waals surface area contributed by atoms with E-state index in [9.17, 15) is 9.59 Å². The molecule has 4 rings (SSSR count). The first-order chi connectivity index (χ1) is 12.6. The number of rotatable bonds is 3. The quantitative estimate of drug-likeness (QED) is 0.762. The number of nitrogens with one attached hydrogen (secondary N) is 1. The van der Waals surface area contributed by atoms with Gasteiger partial charge in [0, 0.05) is 20.5 Å². The van der Waals surface area contributed by atoms with Gasteiger partial charge in [0.2, 0.25) is 5.91 Å². The highest BCUT2D eigenvalue weighted by molar-refractivity contribution is 5.80. The smallest absolute Gasteiger partial charge is 0.346 e. The number of nitrogens with zero attached hydrogens (tertiary/aromatic N) is 5. The number of amides is 1. The van der Waals surface area contributed by atoms with Crippen LogP contribution in [-0.4, -0.2) is 29.8 Å². The summed E-state index contributed by atoms with van der Waals surface area (Å²) in [6.07, 6.45) is 3.21. The van der Waals surface area contributed by atoms with Crippen molar-refractivity contribution in [3.8, 4) is 0 Å². The molecule has 0 fully saturated rings. The number of imidazole rings is 1. The molecule has 0 spiro atoms. The SMILES string of the molecule is Cn1nc2n(c1=O)C(C(=O)NCc1nc3ccccc3n1C)CCCC2. The zero-order chi connectivity index (χ0) is 18.3. The molecule has 8 nitrogen and oxygen atoms in total. The Balaban J connectivity index is 1.57. The van der Waals surface area contributed by atoms with E-state index in [1.54, 1.807) is 11.6 Å². The van der Waals surface area contributed by atoms with E-state index in [1.807, 2.05) is 35.9 Å². The van der Waals surface area contributed by atoms with Gasteiger partial charge in [0.1, 0.15) is 17.7 Å². The minimum atomic E-state index is -0.511. The van der Waals surface area contributed by atoms with Gasteiger partial charge in [0.15, 0.2) is 0 Å². The maximum absolute atomic E-state index is 12.8. The number of para-hydroxylation sites is 2. The van der Waals surface area contributed by atoms with Crippen molar-refractivity contribution in [1.29, 1.82) is 0 Å². The predicted octanol–water partition coefficient (Wildman–Crippen LogP) is 1.05. The van der Waals surface area contributed by atoms with Crippen LogP contribution < -0.4 is 11.0 Å². The lowest BCUT2D eigenvalue weighted by molar-refractivity contribution is -0.124. The van der Waals surface area contributed by atoms with Gasteiger partial charge < -0.3 is 9.88 Å². The molecular formula is C18H22N6O2. The number of hydrogen-bond donors (Lipinski definition) is 1. The van der Waals surface area contributed by atoms with Crippen LogP contribution in [0, 0.1) is 0 Å². The highest BCUT2D eigenvalue weighted by atomic mass is 16.2. The van der Waals surface area contributed by atoms with E-state index in [2.05, 4.69) is 15.4 Å².